The number of hydrogen-bond acceptors (Lipinski definition) is 8. The number of aromatic amines is 1. The zero-order valence-electron chi connectivity index (χ0n) is 17.2. The standard InChI is InChI=1S/C19H27N7O4S/c1-22-31(29,30)13-7-5-6-12(10-13)24-16-14(15(20)27)17(28)26-18(25-16)23-11-19(21)8-3-2-4-9-19/h5-7,10,22H,2-4,8-9,11,21H2,1H3,(H2,20,27)(H3,23,24,25,26,28). The molecular formula is C19H27N7O4S. The molecule has 1 aromatic heterocycles. The van der Waals surface area contributed by atoms with E-state index >= 15 is 0 Å². The molecule has 168 valence electrons. The molecule has 0 aliphatic heterocycles. The highest BCUT2D eigenvalue weighted by atomic mass is 32.2. The van der Waals surface area contributed by atoms with Gasteiger partial charge in [0, 0.05) is 17.8 Å². The minimum atomic E-state index is -3.68. The van der Waals surface area contributed by atoms with Gasteiger partial charge < -0.3 is 22.1 Å². The zero-order valence-corrected chi connectivity index (χ0v) is 18.0. The molecule has 0 unspecified atom stereocenters. The van der Waals surface area contributed by atoms with Crippen molar-refractivity contribution in [2.45, 2.75) is 42.5 Å². The number of carbonyl (C=O) groups excluding carboxylic acids is 1. The summed E-state index contributed by atoms with van der Waals surface area (Å²) in [4.78, 5) is 31.1. The number of sulfonamides is 1. The van der Waals surface area contributed by atoms with Gasteiger partial charge in [0.05, 0.1) is 4.90 Å². The molecule has 1 saturated carbocycles. The van der Waals surface area contributed by atoms with Crippen LogP contribution in [0.25, 0.3) is 0 Å². The van der Waals surface area contributed by atoms with Gasteiger partial charge in [0.2, 0.25) is 16.0 Å². The van der Waals surface area contributed by atoms with Crippen molar-refractivity contribution in [1.82, 2.24) is 14.7 Å². The summed E-state index contributed by atoms with van der Waals surface area (Å²) in [5.41, 5.74) is 10.6. The summed E-state index contributed by atoms with van der Waals surface area (Å²) in [6.07, 6.45) is 4.96. The average Bonchev–Trinajstić information content (AvgIpc) is 2.72. The van der Waals surface area contributed by atoms with E-state index in [1.165, 1.54) is 25.2 Å². The Morgan fingerprint density at radius 1 is 1.26 bits per heavy atom. The molecule has 1 aromatic carbocycles. The highest BCUT2D eigenvalue weighted by Crippen LogP contribution is 2.26. The number of benzene rings is 1. The second-order valence-electron chi connectivity index (χ2n) is 7.64. The number of aromatic nitrogens is 2. The number of nitrogens with zero attached hydrogens (tertiary/aromatic N) is 1. The molecule has 3 rings (SSSR count). The highest BCUT2D eigenvalue weighted by molar-refractivity contribution is 7.89. The van der Waals surface area contributed by atoms with Crippen molar-refractivity contribution in [2.75, 3.05) is 24.2 Å². The van der Waals surface area contributed by atoms with Gasteiger partial charge in [-0.2, -0.15) is 4.98 Å². The van der Waals surface area contributed by atoms with Crippen LogP contribution >= 0.6 is 0 Å². The Morgan fingerprint density at radius 2 is 1.97 bits per heavy atom. The minimum absolute atomic E-state index is 0.00573. The van der Waals surface area contributed by atoms with Gasteiger partial charge in [0.15, 0.2) is 5.82 Å². The fourth-order valence-corrected chi connectivity index (χ4v) is 4.34. The Kier molecular flexibility index (Phi) is 6.62. The maximum Gasteiger partial charge on any atom is 0.267 e. The average molecular weight is 450 g/mol. The monoisotopic (exact) mass is 449 g/mol. The van der Waals surface area contributed by atoms with Gasteiger partial charge in [-0.15, -0.1) is 0 Å². The molecular weight excluding hydrogens is 422 g/mol. The second kappa shape index (κ2) is 9.04. The molecule has 1 amide bonds. The normalized spacial score (nSPS) is 15.9. The molecule has 8 N–H and O–H groups in total. The van der Waals surface area contributed by atoms with Crippen LogP contribution in [0.1, 0.15) is 42.5 Å². The molecule has 0 saturated heterocycles. The van der Waals surface area contributed by atoms with Crippen molar-refractivity contribution in [3.05, 3.63) is 40.2 Å². The number of nitrogens with two attached hydrogens (primary N) is 2. The fraction of sp³-hybridized carbons (Fsp3) is 0.421. The van der Waals surface area contributed by atoms with Crippen LogP contribution in [0.15, 0.2) is 34.0 Å². The molecule has 0 bridgehead atoms. The lowest BCUT2D eigenvalue weighted by Gasteiger charge is -2.33. The van der Waals surface area contributed by atoms with Gasteiger partial charge in [-0.25, -0.2) is 13.1 Å². The van der Waals surface area contributed by atoms with E-state index in [0.29, 0.717) is 12.2 Å². The van der Waals surface area contributed by atoms with Crippen molar-refractivity contribution >= 4 is 33.4 Å². The first kappa shape index (κ1) is 22.7. The molecule has 11 nitrogen and oxygen atoms in total. The van der Waals surface area contributed by atoms with Crippen LogP contribution in [-0.4, -0.2) is 43.4 Å². The third kappa shape index (κ3) is 5.40. The Bertz CT molecular complexity index is 1120. The summed E-state index contributed by atoms with van der Waals surface area (Å²) in [5, 5.41) is 5.87. The van der Waals surface area contributed by atoms with E-state index in [9.17, 15) is 18.0 Å². The number of H-pyrrole nitrogens is 1. The molecule has 0 radical (unpaired) electrons. The minimum Gasteiger partial charge on any atom is -0.365 e. The lowest BCUT2D eigenvalue weighted by atomic mass is 9.82. The largest absolute Gasteiger partial charge is 0.365 e. The summed E-state index contributed by atoms with van der Waals surface area (Å²) in [6.45, 7) is 0.404. The van der Waals surface area contributed by atoms with Gasteiger partial charge in [0.1, 0.15) is 5.56 Å². The van der Waals surface area contributed by atoms with Gasteiger partial charge >= 0.3 is 0 Å². The lowest BCUT2D eigenvalue weighted by molar-refractivity contribution is 0.0999. The van der Waals surface area contributed by atoms with Crippen LogP contribution < -0.4 is 32.4 Å². The highest BCUT2D eigenvalue weighted by Gasteiger charge is 2.27. The molecule has 0 spiro atoms. The molecule has 2 aromatic rings. The first-order valence-electron chi connectivity index (χ1n) is 9.91. The van der Waals surface area contributed by atoms with Gasteiger partial charge in [-0.1, -0.05) is 25.3 Å². The predicted octanol–water partition coefficient (Wildman–Crippen LogP) is 0.594. The van der Waals surface area contributed by atoms with Gasteiger partial charge in [0.25, 0.3) is 11.5 Å². The van der Waals surface area contributed by atoms with Crippen molar-refractivity contribution in [2.24, 2.45) is 11.5 Å². The SMILES string of the molecule is CNS(=O)(=O)c1cccc(Nc2nc(NCC3(N)CCCCC3)[nH]c(=O)c2C(N)=O)c1. The van der Waals surface area contributed by atoms with Crippen molar-refractivity contribution < 1.29 is 13.2 Å². The van der Waals surface area contributed by atoms with Crippen molar-refractivity contribution in [3.63, 3.8) is 0 Å². The maximum absolute atomic E-state index is 12.5. The molecule has 1 heterocycles. The first-order chi connectivity index (χ1) is 14.6. The summed E-state index contributed by atoms with van der Waals surface area (Å²) in [7, 11) is -2.38. The second-order valence-corrected chi connectivity index (χ2v) is 9.53. The van der Waals surface area contributed by atoms with Crippen LogP contribution in [0.3, 0.4) is 0 Å². The molecule has 0 atom stereocenters. The number of hydrogen-bond donors (Lipinski definition) is 6. The van der Waals surface area contributed by atoms with E-state index in [-0.39, 0.29) is 22.2 Å². The molecule has 12 heteroatoms. The number of primary amides is 1. The number of amides is 1. The topological polar surface area (TPSA) is 185 Å². The Hall–Kier alpha value is -2.96. The van der Waals surface area contributed by atoms with Gasteiger partial charge in [-0.05, 0) is 38.1 Å². The summed E-state index contributed by atoms with van der Waals surface area (Å²) < 4.78 is 26.3. The number of anilines is 3. The Morgan fingerprint density at radius 3 is 2.61 bits per heavy atom. The number of nitrogens with one attached hydrogen (secondary N) is 4. The number of rotatable bonds is 8. The van der Waals surface area contributed by atoms with Crippen molar-refractivity contribution in [3.8, 4) is 0 Å². The van der Waals surface area contributed by atoms with E-state index in [1.54, 1.807) is 6.07 Å². The van der Waals surface area contributed by atoms with Crippen molar-refractivity contribution in [1.29, 1.82) is 0 Å². The molecule has 1 fully saturated rings. The third-order valence-electron chi connectivity index (χ3n) is 5.30. The van der Waals surface area contributed by atoms with E-state index in [0.717, 1.165) is 32.1 Å². The molecule has 1 aliphatic carbocycles. The number of carbonyl (C=O) groups is 1. The van der Waals surface area contributed by atoms with E-state index in [4.69, 9.17) is 11.5 Å². The van der Waals surface area contributed by atoms with Crippen LogP contribution in [0, 0.1) is 0 Å². The fourth-order valence-electron chi connectivity index (χ4n) is 3.56. The van der Waals surface area contributed by atoms with Crippen LogP contribution in [0.4, 0.5) is 17.5 Å². The van der Waals surface area contributed by atoms with E-state index in [2.05, 4.69) is 25.3 Å². The van der Waals surface area contributed by atoms with Crippen LogP contribution in [0.5, 0.6) is 0 Å². The van der Waals surface area contributed by atoms with E-state index < -0.39 is 27.0 Å². The smallest absolute Gasteiger partial charge is 0.267 e. The summed E-state index contributed by atoms with van der Waals surface area (Å²) in [6, 6.07) is 5.86. The Balaban J connectivity index is 1.91. The van der Waals surface area contributed by atoms with Crippen LogP contribution in [-0.2, 0) is 10.0 Å². The first-order valence-corrected chi connectivity index (χ1v) is 11.4. The molecule has 1 aliphatic rings. The van der Waals surface area contributed by atoms with E-state index in [1.807, 2.05) is 0 Å². The third-order valence-corrected chi connectivity index (χ3v) is 6.71. The maximum atomic E-state index is 12.5. The Labute approximate surface area is 180 Å². The lowest BCUT2D eigenvalue weighted by Crippen LogP contribution is -2.48. The molecule has 31 heavy (non-hydrogen) atoms. The summed E-state index contributed by atoms with van der Waals surface area (Å²) in [5.74, 6) is -0.927. The predicted molar refractivity (Wildman–Crippen MR) is 118 cm³/mol. The van der Waals surface area contributed by atoms with Gasteiger partial charge in [-0.3, -0.25) is 14.6 Å². The zero-order chi connectivity index (χ0) is 22.6. The van der Waals surface area contributed by atoms with Crippen LogP contribution in [0.2, 0.25) is 0 Å². The summed E-state index contributed by atoms with van der Waals surface area (Å²) >= 11 is 0. The quantitative estimate of drug-likeness (QED) is 0.338.